The van der Waals surface area contributed by atoms with Crippen molar-refractivity contribution >= 4 is 23.5 Å². The Labute approximate surface area is 272 Å². The van der Waals surface area contributed by atoms with Crippen molar-refractivity contribution in [1.82, 2.24) is 26.6 Å². The van der Waals surface area contributed by atoms with Gasteiger partial charge in [0, 0.05) is 31.8 Å². The lowest BCUT2D eigenvalue weighted by molar-refractivity contribution is -0.143. The summed E-state index contributed by atoms with van der Waals surface area (Å²) in [6, 6.07) is 15.4. The molecule has 0 spiro atoms. The summed E-state index contributed by atoms with van der Waals surface area (Å²) in [6.45, 7) is -0.993. The van der Waals surface area contributed by atoms with Crippen molar-refractivity contribution in [1.29, 1.82) is 0 Å². The summed E-state index contributed by atoms with van der Waals surface area (Å²) in [6.07, 6.45) is -2.08. The number of amides is 2. The Morgan fingerprint density at radius 2 is 1.32 bits per heavy atom. The van der Waals surface area contributed by atoms with Crippen LogP contribution in [0.1, 0.15) is 17.5 Å². The van der Waals surface area contributed by atoms with Crippen LogP contribution in [-0.4, -0.2) is 119 Å². The second-order valence-electron chi connectivity index (χ2n) is 10.8. The molecule has 3 rings (SSSR count). The van der Waals surface area contributed by atoms with E-state index in [2.05, 4.69) is 26.6 Å². The SMILES string of the molecule is O=C(O)COCNC(O)CNC(O)C(Cc1ccccc1)NC(O)CNC(O)CNC(O)CCc1ccc(N2C(=O)C=CC2=O)cc1. The minimum atomic E-state index is -1.22. The van der Waals surface area contributed by atoms with E-state index in [1.165, 1.54) is 12.2 Å². The molecule has 0 radical (unpaired) electrons. The van der Waals surface area contributed by atoms with Crippen LogP contribution in [0.4, 0.5) is 5.69 Å². The number of aliphatic carboxylic acids is 1. The summed E-state index contributed by atoms with van der Waals surface area (Å²) in [4.78, 5) is 35.2. The average Bonchev–Trinajstić information content (AvgIpc) is 3.40. The van der Waals surface area contributed by atoms with E-state index in [9.17, 15) is 39.9 Å². The number of hydrogen-bond acceptors (Lipinski definition) is 14. The fraction of sp³-hybridized carbons (Fsp3) is 0.452. The fourth-order valence-corrected chi connectivity index (χ4v) is 4.62. The van der Waals surface area contributed by atoms with Gasteiger partial charge in [-0.2, -0.15) is 0 Å². The first-order valence-corrected chi connectivity index (χ1v) is 15.1. The van der Waals surface area contributed by atoms with E-state index >= 15 is 0 Å². The highest BCUT2D eigenvalue weighted by Gasteiger charge is 2.25. The van der Waals surface area contributed by atoms with Gasteiger partial charge in [-0.1, -0.05) is 42.5 Å². The molecule has 2 aromatic rings. The highest BCUT2D eigenvalue weighted by atomic mass is 16.5. The van der Waals surface area contributed by atoms with Crippen molar-refractivity contribution in [2.75, 3.05) is 37.9 Å². The van der Waals surface area contributed by atoms with E-state index in [4.69, 9.17) is 9.84 Å². The van der Waals surface area contributed by atoms with Gasteiger partial charge >= 0.3 is 5.97 Å². The zero-order valence-corrected chi connectivity index (χ0v) is 25.7. The number of aliphatic hydroxyl groups is 5. The third kappa shape index (κ3) is 13.9. The van der Waals surface area contributed by atoms with Gasteiger partial charge in [-0.15, -0.1) is 0 Å². The normalized spacial score (nSPS) is 17.0. The number of aliphatic hydroxyl groups excluding tert-OH is 5. The molecule has 47 heavy (non-hydrogen) atoms. The van der Waals surface area contributed by atoms with E-state index < -0.39 is 61.6 Å². The monoisotopic (exact) mass is 660 g/mol. The first-order chi connectivity index (χ1) is 22.5. The Morgan fingerprint density at radius 1 is 0.723 bits per heavy atom. The summed E-state index contributed by atoms with van der Waals surface area (Å²) in [5, 5.41) is 74.4. The number of nitrogens with zero attached hydrogens (tertiary/aromatic N) is 1. The van der Waals surface area contributed by atoms with E-state index in [1.807, 2.05) is 30.3 Å². The fourth-order valence-electron chi connectivity index (χ4n) is 4.62. The minimum absolute atomic E-state index is 0.0301. The van der Waals surface area contributed by atoms with Crippen LogP contribution < -0.4 is 31.5 Å². The van der Waals surface area contributed by atoms with Crippen LogP contribution in [0.25, 0.3) is 0 Å². The molecule has 0 fully saturated rings. The molecule has 6 atom stereocenters. The van der Waals surface area contributed by atoms with Gasteiger partial charge in [0.05, 0.1) is 18.5 Å². The molecule has 0 saturated carbocycles. The van der Waals surface area contributed by atoms with Gasteiger partial charge in [-0.25, -0.2) is 9.69 Å². The molecule has 11 N–H and O–H groups in total. The van der Waals surface area contributed by atoms with Crippen molar-refractivity contribution in [2.45, 2.75) is 56.4 Å². The number of hydrogen-bond donors (Lipinski definition) is 11. The molecule has 16 heteroatoms. The van der Waals surface area contributed by atoms with Crippen molar-refractivity contribution in [3.8, 4) is 0 Å². The molecule has 16 nitrogen and oxygen atoms in total. The number of ether oxygens (including phenoxy) is 1. The number of benzene rings is 2. The van der Waals surface area contributed by atoms with Crippen LogP contribution in [0.5, 0.6) is 0 Å². The van der Waals surface area contributed by atoms with Crippen molar-refractivity contribution < 1.29 is 49.8 Å². The smallest absolute Gasteiger partial charge is 0.329 e. The third-order valence-corrected chi connectivity index (χ3v) is 7.06. The summed E-state index contributed by atoms with van der Waals surface area (Å²) >= 11 is 0. The molecule has 6 unspecified atom stereocenters. The van der Waals surface area contributed by atoms with E-state index in [-0.39, 0.29) is 26.4 Å². The first kappa shape index (κ1) is 37.8. The average molecular weight is 661 g/mol. The van der Waals surface area contributed by atoms with Crippen molar-refractivity contribution in [2.24, 2.45) is 0 Å². The topological polar surface area (TPSA) is 245 Å². The van der Waals surface area contributed by atoms with Crippen LogP contribution in [0.3, 0.4) is 0 Å². The number of carbonyl (C=O) groups is 3. The number of rotatable bonds is 23. The van der Waals surface area contributed by atoms with Crippen LogP contribution in [0.15, 0.2) is 66.7 Å². The maximum absolute atomic E-state index is 11.8. The number of carboxylic acids is 1. The third-order valence-electron chi connectivity index (χ3n) is 7.06. The number of aryl methyl sites for hydroxylation is 1. The lowest BCUT2D eigenvalue weighted by Crippen LogP contribution is -2.57. The van der Waals surface area contributed by atoms with E-state index in [0.29, 0.717) is 24.9 Å². The van der Waals surface area contributed by atoms with Gasteiger partial charge in [0.15, 0.2) is 0 Å². The highest BCUT2D eigenvalue weighted by molar-refractivity contribution is 6.28. The molecular formula is C31H44N6O10. The predicted octanol–water partition coefficient (Wildman–Crippen LogP) is -2.74. The lowest BCUT2D eigenvalue weighted by atomic mass is 10.0. The zero-order chi connectivity index (χ0) is 34.2. The summed E-state index contributed by atoms with van der Waals surface area (Å²) in [5.74, 6) is -1.95. The molecule has 0 aliphatic carbocycles. The lowest BCUT2D eigenvalue weighted by Gasteiger charge is -2.29. The highest BCUT2D eigenvalue weighted by Crippen LogP contribution is 2.20. The molecule has 258 valence electrons. The number of imide groups is 1. The summed E-state index contributed by atoms with van der Waals surface area (Å²) in [5.41, 5.74) is 2.21. The van der Waals surface area contributed by atoms with Gasteiger partial charge in [0.25, 0.3) is 11.8 Å². The second kappa shape index (κ2) is 19.9. The van der Waals surface area contributed by atoms with Crippen molar-refractivity contribution in [3.05, 3.63) is 77.9 Å². The number of nitrogens with one attached hydrogen (secondary N) is 5. The summed E-state index contributed by atoms with van der Waals surface area (Å²) < 4.78 is 4.81. The molecule has 1 aliphatic rings. The van der Waals surface area contributed by atoms with Crippen molar-refractivity contribution in [3.63, 3.8) is 0 Å². The minimum Gasteiger partial charge on any atom is -0.480 e. The van der Waals surface area contributed by atoms with Gasteiger partial charge in [-0.05, 0) is 42.5 Å². The van der Waals surface area contributed by atoms with E-state index in [1.54, 1.807) is 24.3 Å². The molecule has 0 saturated heterocycles. The largest absolute Gasteiger partial charge is 0.480 e. The molecule has 0 aromatic heterocycles. The quantitative estimate of drug-likeness (QED) is 0.0329. The maximum Gasteiger partial charge on any atom is 0.329 e. The Bertz CT molecular complexity index is 1270. The number of carbonyl (C=O) groups excluding carboxylic acids is 2. The van der Waals surface area contributed by atoms with Crippen LogP contribution in [0, 0.1) is 0 Å². The molecule has 1 aliphatic heterocycles. The zero-order valence-electron chi connectivity index (χ0n) is 25.7. The van der Waals surface area contributed by atoms with Gasteiger partial charge in [0.2, 0.25) is 0 Å². The van der Waals surface area contributed by atoms with E-state index in [0.717, 1.165) is 16.0 Å². The van der Waals surface area contributed by atoms with Gasteiger partial charge in [-0.3, -0.25) is 36.2 Å². The molecule has 0 bridgehead atoms. The molecule has 1 heterocycles. The first-order valence-electron chi connectivity index (χ1n) is 15.1. The van der Waals surface area contributed by atoms with Gasteiger partial charge < -0.3 is 35.4 Å². The summed E-state index contributed by atoms with van der Waals surface area (Å²) in [7, 11) is 0. The van der Waals surface area contributed by atoms with Gasteiger partial charge in [0.1, 0.15) is 37.7 Å². The molecule has 2 aromatic carbocycles. The predicted molar refractivity (Wildman–Crippen MR) is 169 cm³/mol. The molecule has 2 amide bonds. The molecular weight excluding hydrogens is 616 g/mol. The Kier molecular flexibility index (Phi) is 16.0. The number of carboxylic acid groups (broad SMARTS) is 1. The second-order valence-corrected chi connectivity index (χ2v) is 10.8. The van der Waals surface area contributed by atoms with Crippen LogP contribution in [0.2, 0.25) is 0 Å². The Balaban J connectivity index is 1.38. The van der Waals surface area contributed by atoms with Crippen LogP contribution in [-0.2, 0) is 32.0 Å². The Hall–Kier alpha value is -3.65. The standard InChI is InChI=1S/C31H44N6O10/c38-24(11-8-20-6-9-22(10-7-20)37-28(42)12-13-29(37)43)32-15-25(39)33-17-27(41)36-23(14-21-4-2-1-3-5-21)31(46)34-16-26(40)35-19-47-18-30(44)45/h1-7,9-10,12-13,23-27,31-36,38-41,46H,8,11,14-19H2,(H,44,45). The number of anilines is 1. The van der Waals surface area contributed by atoms with Crippen LogP contribution >= 0.6 is 0 Å². The maximum atomic E-state index is 11.8. The Morgan fingerprint density at radius 3 is 1.98 bits per heavy atom.